The van der Waals surface area contributed by atoms with Crippen molar-refractivity contribution in [2.75, 3.05) is 6.54 Å². The lowest BCUT2D eigenvalue weighted by molar-refractivity contribution is -0.192. The van der Waals surface area contributed by atoms with Crippen LogP contribution in [0.4, 0.5) is 26.3 Å². The van der Waals surface area contributed by atoms with Crippen LogP contribution in [0.25, 0.3) is 0 Å². The molecule has 1 aliphatic rings. The van der Waals surface area contributed by atoms with Gasteiger partial charge in [0.1, 0.15) is 5.75 Å². The Hall–Kier alpha value is -2.08. The van der Waals surface area contributed by atoms with Gasteiger partial charge in [0.15, 0.2) is 0 Å². The summed E-state index contributed by atoms with van der Waals surface area (Å²) in [6, 6.07) is 4.65. The number of hydrogen-bond donors (Lipinski definition) is 3. The number of aliphatic carboxylic acids is 1. The molecule has 0 spiro atoms. The van der Waals surface area contributed by atoms with Crippen molar-refractivity contribution < 1.29 is 41.4 Å². The van der Waals surface area contributed by atoms with Crippen molar-refractivity contribution in [2.45, 2.75) is 31.0 Å². The van der Waals surface area contributed by atoms with E-state index in [1.54, 1.807) is 12.1 Å². The maximum atomic E-state index is 12.5. The van der Waals surface area contributed by atoms with Crippen LogP contribution in [0.15, 0.2) is 28.4 Å². The lowest BCUT2D eigenvalue weighted by Gasteiger charge is -2.15. The molecule has 3 N–H and O–H groups in total. The zero-order valence-electron chi connectivity index (χ0n) is 12.7. The average molecular weight is 408 g/mol. The van der Waals surface area contributed by atoms with E-state index in [1.165, 1.54) is 6.07 Å². The van der Waals surface area contributed by atoms with E-state index in [4.69, 9.17) is 21.5 Å². The SMILES string of the molecule is O=C(O)C(F)(F)F.Oc1cccc(Cl)c1CNCCC1(C(F)(F)F)N=N1. The minimum Gasteiger partial charge on any atom is -0.508 e. The highest BCUT2D eigenvalue weighted by Gasteiger charge is 2.63. The maximum absolute atomic E-state index is 12.5. The number of carboxylic acid groups (broad SMARTS) is 1. The second-order valence-electron chi connectivity index (χ2n) is 4.98. The highest BCUT2D eigenvalue weighted by molar-refractivity contribution is 6.31. The summed E-state index contributed by atoms with van der Waals surface area (Å²) in [6.45, 7) is 0.247. The standard InChI is InChI=1S/C11H11ClF3N3O.C2HF3O2/c12-8-2-1-3-9(19)7(8)6-16-5-4-10(17-18-10)11(13,14)15;3-2(4,5)1(6)7/h1-3,16,19H,4-6H2;(H,6,7). The van der Waals surface area contributed by atoms with Crippen LogP contribution in [0, 0.1) is 0 Å². The van der Waals surface area contributed by atoms with Crippen LogP contribution in [0.1, 0.15) is 12.0 Å². The summed E-state index contributed by atoms with van der Waals surface area (Å²) < 4.78 is 69.2. The number of carboxylic acids is 1. The smallest absolute Gasteiger partial charge is 0.490 e. The summed E-state index contributed by atoms with van der Waals surface area (Å²) in [5, 5.41) is 26.0. The fourth-order valence-electron chi connectivity index (χ4n) is 1.61. The average Bonchev–Trinajstić information content (AvgIpc) is 3.26. The van der Waals surface area contributed by atoms with Gasteiger partial charge in [0.25, 0.3) is 5.66 Å². The zero-order chi connectivity index (χ0) is 20.2. The molecule has 13 heteroatoms. The lowest BCUT2D eigenvalue weighted by atomic mass is 10.1. The van der Waals surface area contributed by atoms with Crippen LogP contribution in [-0.2, 0) is 11.3 Å². The largest absolute Gasteiger partial charge is 0.508 e. The predicted octanol–water partition coefficient (Wildman–Crippen LogP) is 3.88. The van der Waals surface area contributed by atoms with Crippen LogP contribution in [-0.4, -0.2) is 40.7 Å². The van der Waals surface area contributed by atoms with E-state index in [9.17, 15) is 31.4 Å². The van der Waals surface area contributed by atoms with E-state index >= 15 is 0 Å². The van der Waals surface area contributed by atoms with Gasteiger partial charge in [-0.25, -0.2) is 4.79 Å². The van der Waals surface area contributed by atoms with Crippen LogP contribution >= 0.6 is 11.6 Å². The summed E-state index contributed by atoms with van der Waals surface area (Å²) in [7, 11) is 0. The quantitative estimate of drug-likeness (QED) is 0.510. The summed E-state index contributed by atoms with van der Waals surface area (Å²) in [5.41, 5.74) is -1.78. The van der Waals surface area contributed by atoms with Gasteiger partial charge in [-0.1, -0.05) is 17.7 Å². The van der Waals surface area contributed by atoms with Crippen LogP contribution in [0.3, 0.4) is 0 Å². The van der Waals surface area contributed by atoms with Gasteiger partial charge in [0.2, 0.25) is 0 Å². The normalized spacial score (nSPS) is 15.2. The number of halogens is 7. The second kappa shape index (κ2) is 8.08. The van der Waals surface area contributed by atoms with Crippen LogP contribution in [0.5, 0.6) is 5.75 Å². The van der Waals surface area contributed by atoms with E-state index in [0.717, 1.165) is 0 Å². The second-order valence-corrected chi connectivity index (χ2v) is 5.39. The first kappa shape index (κ1) is 22.0. The highest BCUT2D eigenvalue weighted by Crippen LogP contribution is 2.46. The number of phenolic OH excluding ortho intramolecular Hbond substituents is 1. The van der Waals surface area contributed by atoms with E-state index in [2.05, 4.69) is 15.5 Å². The van der Waals surface area contributed by atoms with Gasteiger partial charge in [-0.3, -0.25) is 0 Å². The Bertz CT molecular complexity index is 652. The van der Waals surface area contributed by atoms with Crippen molar-refractivity contribution in [3.8, 4) is 5.75 Å². The van der Waals surface area contributed by atoms with Gasteiger partial charge in [-0.05, 0) is 12.1 Å². The molecule has 6 nitrogen and oxygen atoms in total. The Morgan fingerprint density at radius 2 is 1.73 bits per heavy atom. The summed E-state index contributed by atoms with van der Waals surface area (Å²) in [5.74, 6) is -2.75. The van der Waals surface area contributed by atoms with E-state index in [0.29, 0.717) is 10.6 Å². The number of aromatic hydroxyl groups is 1. The molecule has 0 amide bonds. The van der Waals surface area contributed by atoms with Crippen molar-refractivity contribution in [1.29, 1.82) is 0 Å². The molecule has 1 aromatic rings. The molecule has 0 radical (unpaired) electrons. The molecular formula is C13H12ClF6N3O3. The predicted molar refractivity (Wildman–Crippen MR) is 76.8 cm³/mol. The number of rotatable bonds is 5. The molecule has 26 heavy (non-hydrogen) atoms. The van der Waals surface area contributed by atoms with E-state index in [1.807, 2.05) is 0 Å². The third-order valence-electron chi connectivity index (χ3n) is 3.08. The number of carbonyl (C=O) groups is 1. The molecule has 1 aromatic carbocycles. The topological polar surface area (TPSA) is 94.3 Å². The molecule has 1 heterocycles. The number of hydrogen-bond acceptors (Lipinski definition) is 5. The Labute approximate surface area is 147 Å². The van der Waals surface area contributed by atoms with Gasteiger partial charge in [-0.2, -0.15) is 26.3 Å². The summed E-state index contributed by atoms with van der Waals surface area (Å²) in [6.07, 6.45) is -9.79. The number of alkyl halides is 6. The summed E-state index contributed by atoms with van der Waals surface area (Å²) >= 11 is 5.87. The number of nitrogens with zero attached hydrogens (tertiary/aromatic N) is 2. The van der Waals surface area contributed by atoms with Gasteiger partial charge in [0.05, 0.1) is 0 Å². The monoisotopic (exact) mass is 407 g/mol. The molecule has 1 aliphatic heterocycles. The van der Waals surface area contributed by atoms with Gasteiger partial charge < -0.3 is 15.5 Å². The molecule has 0 saturated heterocycles. The summed E-state index contributed by atoms with van der Waals surface area (Å²) in [4.78, 5) is 8.90. The third kappa shape index (κ3) is 6.02. The minimum absolute atomic E-state index is 0.00586. The van der Waals surface area contributed by atoms with E-state index < -0.39 is 24.0 Å². The van der Waals surface area contributed by atoms with E-state index in [-0.39, 0.29) is 25.3 Å². The van der Waals surface area contributed by atoms with Crippen LogP contribution in [0.2, 0.25) is 5.02 Å². The fraction of sp³-hybridized carbons (Fsp3) is 0.462. The third-order valence-corrected chi connectivity index (χ3v) is 3.44. The van der Waals surface area contributed by atoms with Crippen molar-refractivity contribution >= 4 is 17.6 Å². The Balaban J connectivity index is 0.000000412. The lowest BCUT2D eigenvalue weighted by Crippen LogP contribution is -2.35. The molecule has 2 rings (SSSR count). The van der Waals surface area contributed by atoms with Gasteiger partial charge in [-0.15, -0.1) is 10.2 Å². The minimum atomic E-state index is -5.08. The Kier molecular flexibility index (Phi) is 6.82. The Morgan fingerprint density at radius 3 is 2.12 bits per heavy atom. The Morgan fingerprint density at radius 1 is 1.19 bits per heavy atom. The zero-order valence-corrected chi connectivity index (χ0v) is 13.5. The molecule has 0 aliphatic carbocycles. The van der Waals surface area contributed by atoms with Crippen molar-refractivity contribution in [3.05, 3.63) is 28.8 Å². The van der Waals surface area contributed by atoms with Crippen LogP contribution < -0.4 is 5.32 Å². The van der Waals surface area contributed by atoms with Gasteiger partial charge in [0, 0.05) is 30.1 Å². The molecule has 0 bridgehead atoms. The fourth-order valence-corrected chi connectivity index (χ4v) is 1.85. The molecular weight excluding hydrogens is 396 g/mol. The number of benzene rings is 1. The van der Waals surface area contributed by atoms with Crippen molar-refractivity contribution in [2.24, 2.45) is 10.2 Å². The number of phenols is 1. The van der Waals surface area contributed by atoms with Crippen molar-refractivity contribution in [3.63, 3.8) is 0 Å². The molecule has 0 unspecified atom stereocenters. The molecule has 0 fully saturated rings. The number of nitrogens with one attached hydrogen (secondary N) is 1. The first-order valence-corrected chi connectivity index (χ1v) is 7.16. The first-order chi connectivity index (χ1) is 11.8. The van der Waals surface area contributed by atoms with Crippen molar-refractivity contribution in [1.82, 2.24) is 5.32 Å². The maximum Gasteiger partial charge on any atom is 0.490 e. The molecule has 146 valence electrons. The molecule has 0 aromatic heterocycles. The molecule has 0 saturated carbocycles. The first-order valence-electron chi connectivity index (χ1n) is 6.78. The molecule has 0 atom stereocenters. The van der Waals surface area contributed by atoms with Gasteiger partial charge >= 0.3 is 18.3 Å². The highest BCUT2D eigenvalue weighted by atomic mass is 35.5.